The third-order valence-corrected chi connectivity index (χ3v) is 7.83. The average Bonchev–Trinajstić information content (AvgIpc) is 2.76. The van der Waals surface area contributed by atoms with E-state index in [2.05, 4.69) is 10.6 Å². The molecule has 0 amide bonds. The van der Waals surface area contributed by atoms with Crippen molar-refractivity contribution in [2.24, 2.45) is 5.92 Å². The van der Waals surface area contributed by atoms with Crippen molar-refractivity contribution in [2.75, 3.05) is 18.4 Å². The molecule has 2 heterocycles. The smallest absolute Gasteiger partial charge is 0.0336 e. The molecule has 0 aromatic heterocycles. The fraction of sp³-hybridized carbons (Fsp3) is 0.667. The van der Waals surface area contributed by atoms with Crippen LogP contribution in [0.1, 0.15) is 69.8 Å². The number of nitrogens with one attached hydrogen (secondary N) is 1. The number of aliphatic hydroxyl groups is 1. The van der Waals surface area contributed by atoms with Gasteiger partial charge in [-0.1, -0.05) is 67.7 Å². The third-order valence-electron chi connectivity index (χ3n) is 6.43. The van der Waals surface area contributed by atoms with Crippen molar-refractivity contribution < 1.29 is 10.2 Å². The van der Waals surface area contributed by atoms with E-state index in [4.69, 9.17) is 0 Å². The first-order chi connectivity index (χ1) is 14.1. The van der Waals surface area contributed by atoms with E-state index in [1.165, 1.54) is 57.8 Å². The van der Waals surface area contributed by atoms with E-state index in [0.29, 0.717) is 12.0 Å². The van der Waals surface area contributed by atoms with Crippen LogP contribution in [0.5, 0.6) is 5.75 Å². The van der Waals surface area contributed by atoms with Crippen LogP contribution in [-0.4, -0.2) is 48.9 Å². The molecule has 0 spiro atoms. The zero-order valence-electron chi connectivity index (χ0n) is 17.6. The van der Waals surface area contributed by atoms with Gasteiger partial charge in [0.2, 0.25) is 0 Å². The van der Waals surface area contributed by atoms with Gasteiger partial charge in [0.15, 0.2) is 0 Å². The summed E-state index contributed by atoms with van der Waals surface area (Å²) >= 11 is 1.95. The molecular formula is C24H35GaN2O2-2. The van der Waals surface area contributed by atoms with Crippen molar-refractivity contribution in [3.05, 3.63) is 35.2 Å². The van der Waals surface area contributed by atoms with Crippen molar-refractivity contribution in [3.63, 3.8) is 0 Å². The van der Waals surface area contributed by atoms with E-state index in [9.17, 15) is 10.2 Å². The summed E-state index contributed by atoms with van der Waals surface area (Å²) in [6, 6.07) is 5.58. The van der Waals surface area contributed by atoms with Gasteiger partial charge in [0.25, 0.3) is 0 Å². The number of rotatable bonds is 0. The maximum Gasteiger partial charge on any atom is 0.0336 e. The molecule has 3 fully saturated rings. The minimum Gasteiger partial charge on any atom is -0.871 e. The van der Waals surface area contributed by atoms with Gasteiger partial charge in [0.1, 0.15) is 0 Å². The van der Waals surface area contributed by atoms with Gasteiger partial charge in [-0.2, -0.15) is 0 Å². The number of aliphatic hydroxyl groups excluding tert-OH is 1. The van der Waals surface area contributed by atoms with Gasteiger partial charge in [0.05, 0.1) is 0 Å². The first-order valence-electron chi connectivity index (χ1n) is 11.5. The quantitative estimate of drug-likeness (QED) is 0.556. The van der Waals surface area contributed by atoms with Crippen LogP contribution in [0.2, 0.25) is 4.47 Å². The number of para-hydroxylation sites is 1. The van der Waals surface area contributed by atoms with E-state index in [1.807, 2.05) is 36.8 Å². The zero-order chi connectivity index (χ0) is 20.5. The first kappa shape index (κ1) is 22.8. The van der Waals surface area contributed by atoms with Gasteiger partial charge < -0.3 is 20.8 Å². The van der Waals surface area contributed by atoms with Gasteiger partial charge in [0, 0.05) is 18.3 Å². The fourth-order valence-electron chi connectivity index (χ4n) is 4.78. The van der Waals surface area contributed by atoms with Crippen molar-refractivity contribution in [3.8, 4) is 5.75 Å². The predicted molar refractivity (Wildman–Crippen MR) is 121 cm³/mol. The van der Waals surface area contributed by atoms with Crippen LogP contribution in [0.15, 0.2) is 24.3 Å². The van der Waals surface area contributed by atoms with Gasteiger partial charge in [-0.3, -0.25) is 0 Å². The number of hydrogen-bond acceptors (Lipinski definition) is 3. The van der Waals surface area contributed by atoms with Gasteiger partial charge in [-0.05, 0) is 12.0 Å². The normalized spacial score (nSPS) is 28.4. The third kappa shape index (κ3) is 7.09. The summed E-state index contributed by atoms with van der Waals surface area (Å²) in [4.78, 5) is 0. The molecule has 1 aromatic carbocycles. The Kier molecular flexibility index (Phi) is 9.50. The monoisotopic (exact) mass is 452 g/mol. The Morgan fingerprint density at radius 3 is 2.48 bits per heavy atom. The average molecular weight is 453 g/mol. The van der Waals surface area contributed by atoms with Gasteiger partial charge >= 0.3 is 55.2 Å². The van der Waals surface area contributed by atoms with Crippen molar-refractivity contribution in [2.45, 2.75) is 80.8 Å². The Morgan fingerprint density at radius 2 is 1.79 bits per heavy atom. The molecule has 4 nitrogen and oxygen atoms in total. The molecule has 3 atom stereocenters. The number of benzene rings is 1. The van der Waals surface area contributed by atoms with Crippen LogP contribution in [0, 0.1) is 5.92 Å². The van der Waals surface area contributed by atoms with Crippen molar-refractivity contribution in [1.82, 2.24) is 0 Å². The minimum absolute atomic E-state index is 0.0758. The molecule has 1 aromatic rings. The Hall–Kier alpha value is -0.884. The van der Waals surface area contributed by atoms with Crippen LogP contribution >= 0.6 is 0 Å². The summed E-state index contributed by atoms with van der Waals surface area (Å²) in [6.45, 7) is 1.74. The van der Waals surface area contributed by atoms with Crippen LogP contribution in [0.25, 0.3) is 11.4 Å². The molecule has 2 aliphatic heterocycles. The van der Waals surface area contributed by atoms with Crippen LogP contribution < -0.4 is 10.4 Å². The SMILES string of the molecule is OC1CCCC2CCC[N-]C12.[Ga][CH]1CCCCC1.[O-]c1cccc2c1NCC=C2. The van der Waals surface area contributed by atoms with Crippen molar-refractivity contribution in [1.29, 1.82) is 0 Å². The molecule has 5 rings (SSSR count). The van der Waals surface area contributed by atoms with Gasteiger partial charge in [-0.25, -0.2) is 0 Å². The second-order valence-electron chi connectivity index (χ2n) is 8.70. The van der Waals surface area contributed by atoms with E-state index in [1.54, 1.807) is 12.1 Å². The number of anilines is 1. The maximum atomic E-state index is 11.2. The summed E-state index contributed by atoms with van der Waals surface area (Å²) in [7, 11) is 0. The van der Waals surface area contributed by atoms with E-state index >= 15 is 0 Å². The number of nitrogens with zero attached hydrogens (tertiary/aromatic N) is 1. The van der Waals surface area contributed by atoms with Crippen LogP contribution in [0.3, 0.4) is 0 Å². The molecule has 2 aliphatic carbocycles. The van der Waals surface area contributed by atoms with Gasteiger partial charge in [-0.15, -0.1) is 12.6 Å². The summed E-state index contributed by atoms with van der Waals surface area (Å²) < 4.78 is 1.10. The number of piperidine rings is 1. The summed E-state index contributed by atoms with van der Waals surface area (Å²) in [5.41, 5.74) is 1.72. The van der Waals surface area contributed by atoms with Crippen LogP contribution in [-0.2, 0) is 0 Å². The molecule has 3 unspecified atom stereocenters. The molecule has 1 saturated heterocycles. The summed E-state index contributed by atoms with van der Waals surface area (Å²) in [6.07, 6.45) is 17.4. The predicted octanol–water partition coefficient (Wildman–Crippen LogP) is 4.79. The van der Waals surface area contributed by atoms with Crippen LogP contribution in [0.4, 0.5) is 5.69 Å². The molecule has 2 radical (unpaired) electrons. The second-order valence-corrected chi connectivity index (χ2v) is 10.7. The maximum absolute atomic E-state index is 11.2. The molecule has 5 heteroatoms. The Labute approximate surface area is 186 Å². The topological polar surface area (TPSA) is 69.4 Å². The number of fused-ring (bicyclic) bond motifs is 2. The fourth-order valence-corrected chi connectivity index (χ4v) is 5.77. The van der Waals surface area contributed by atoms with E-state index < -0.39 is 0 Å². The Balaban J connectivity index is 0.000000128. The largest absolute Gasteiger partial charge is 0.871 e. The van der Waals surface area contributed by atoms with E-state index in [-0.39, 0.29) is 11.9 Å². The Bertz CT molecular complexity index is 644. The zero-order valence-corrected chi connectivity index (χ0v) is 20.0. The Morgan fingerprint density at radius 1 is 1.00 bits per heavy atom. The standard InChI is InChI=1S/C9H16NO.C9H9NO.C6H11.Ga/c2*11-8-5-1-3-7-4-2-6-10-9(7)8;1-2-4-6-5-3-1;/h7-9,11H,1-6H2;1-5,10-11H,6H2;1H,2-6H2;/q-1;;;/p-1. The molecular weight excluding hydrogens is 418 g/mol. The minimum atomic E-state index is -0.117. The molecule has 4 aliphatic rings. The van der Waals surface area contributed by atoms with E-state index in [0.717, 1.165) is 35.2 Å². The molecule has 29 heavy (non-hydrogen) atoms. The molecule has 2 N–H and O–H groups in total. The molecule has 0 bridgehead atoms. The molecule has 2 saturated carbocycles. The molecule has 158 valence electrons. The first-order valence-corrected chi connectivity index (χ1v) is 12.9. The van der Waals surface area contributed by atoms with Crippen molar-refractivity contribution >= 4 is 30.4 Å². The summed E-state index contributed by atoms with van der Waals surface area (Å²) in [5.74, 6) is 0.791. The second kappa shape index (κ2) is 12.1. The summed E-state index contributed by atoms with van der Waals surface area (Å²) in [5, 5.41) is 28.3. The number of hydrogen-bond donors (Lipinski definition) is 2.